The first kappa shape index (κ1) is 15.2. The number of benzene rings is 2. The Morgan fingerprint density at radius 1 is 1.00 bits per heavy atom. The third-order valence-corrected chi connectivity index (χ3v) is 4.25. The maximum Gasteiger partial charge on any atom is 0.123 e. The highest BCUT2D eigenvalue weighted by Crippen LogP contribution is 2.27. The molecular weight excluding hydrogens is 415 g/mol. The van der Waals surface area contributed by atoms with Crippen LogP contribution in [-0.2, 0) is 11.9 Å². The van der Waals surface area contributed by atoms with Crippen molar-refractivity contribution in [3.63, 3.8) is 0 Å². The Kier molecular flexibility index (Phi) is 5.58. The molecule has 0 saturated heterocycles. The van der Waals surface area contributed by atoms with Gasteiger partial charge in [0.05, 0.1) is 0 Å². The fraction of sp³-hybridized carbons (Fsp3) is 0.143. The minimum Gasteiger partial charge on any atom is -0.489 e. The van der Waals surface area contributed by atoms with Crippen molar-refractivity contribution in [2.45, 2.75) is 11.9 Å². The highest BCUT2D eigenvalue weighted by atomic mass is 79.9. The molecule has 2 rings (SSSR count). The van der Waals surface area contributed by atoms with Gasteiger partial charge >= 0.3 is 0 Å². The molecule has 19 heavy (non-hydrogen) atoms. The number of ether oxygens (including phenoxy) is 1. The normalized spacial score (nSPS) is 10.5. The van der Waals surface area contributed by atoms with Crippen LogP contribution in [0.5, 0.6) is 5.75 Å². The lowest BCUT2D eigenvalue weighted by atomic mass is 10.2. The van der Waals surface area contributed by atoms with Crippen molar-refractivity contribution < 1.29 is 4.74 Å². The minimum absolute atomic E-state index is 0.424. The number of rotatable bonds is 4. The molecule has 0 unspecified atom stereocenters. The molecule has 0 saturated carbocycles. The van der Waals surface area contributed by atoms with Gasteiger partial charge in [-0.25, -0.2) is 0 Å². The second kappa shape index (κ2) is 6.98. The molecule has 0 N–H and O–H groups in total. The molecule has 0 aromatic heterocycles. The molecule has 2 aromatic carbocycles. The summed E-state index contributed by atoms with van der Waals surface area (Å²) in [4.78, 5) is 0. The standard InChI is InChI=1S/C14H10Br2Cl2O/c15-7-10-5-12(17)3-4-14(10)19-8-9-1-2-11(16)6-13(9)18/h1-6H,7-8H2. The molecule has 0 radical (unpaired) electrons. The summed E-state index contributed by atoms with van der Waals surface area (Å²) < 4.78 is 6.75. The second-order valence-electron chi connectivity index (χ2n) is 3.91. The molecule has 0 spiro atoms. The highest BCUT2D eigenvalue weighted by molar-refractivity contribution is 9.10. The van der Waals surface area contributed by atoms with Gasteiger partial charge in [-0.1, -0.05) is 61.1 Å². The van der Waals surface area contributed by atoms with Gasteiger partial charge in [-0.2, -0.15) is 0 Å². The van der Waals surface area contributed by atoms with Gasteiger partial charge < -0.3 is 4.74 Å². The fourth-order valence-electron chi connectivity index (χ4n) is 1.59. The Hall–Kier alpha value is -0.220. The van der Waals surface area contributed by atoms with Crippen LogP contribution in [0.3, 0.4) is 0 Å². The maximum absolute atomic E-state index is 6.15. The van der Waals surface area contributed by atoms with Gasteiger partial charge in [0.25, 0.3) is 0 Å². The highest BCUT2D eigenvalue weighted by Gasteiger charge is 2.06. The first-order valence-corrected chi connectivity index (χ1v) is 8.18. The molecular formula is C14H10Br2Cl2O. The summed E-state index contributed by atoms with van der Waals surface area (Å²) in [7, 11) is 0. The van der Waals surface area contributed by atoms with Crippen LogP contribution in [0, 0.1) is 0 Å². The van der Waals surface area contributed by atoms with E-state index in [0.29, 0.717) is 22.0 Å². The lowest BCUT2D eigenvalue weighted by Crippen LogP contribution is -1.98. The quantitative estimate of drug-likeness (QED) is 0.528. The lowest BCUT2D eigenvalue weighted by Gasteiger charge is -2.11. The van der Waals surface area contributed by atoms with Crippen molar-refractivity contribution in [2.24, 2.45) is 0 Å². The number of alkyl halides is 1. The molecule has 0 aliphatic heterocycles. The molecule has 5 heteroatoms. The van der Waals surface area contributed by atoms with E-state index < -0.39 is 0 Å². The molecule has 0 bridgehead atoms. The van der Waals surface area contributed by atoms with Gasteiger partial charge in [0.2, 0.25) is 0 Å². The summed E-state index contributed by atoms with van der Waals surface area (Å²) in [5.41, 5.74) is 1.96. The Morgan fingerprint density at radius 2 is 1.79 bits per heavy atom. The molecule has 0 heterocycles. The Bertz CT molecular complexity index is 588. The van der Waals surface area contributed by atoms with E-state index in [2.05, 4.69) is 31.9 Å². The van der Waals surface area contributed by atoms with Crippen LogP contribution in [0.2, 0.25) is 10.0 Å². The summed E-state index contributed by atoms with van der Waals surface area (Å²) in [6, 6.07) is 11.3. The van der Waals surface area contributed by atoms with Gasteiger partial charge in [0.1, 0.15) is 12.4 Å². The average molecular weight is 425 g/mol. The van der Waals surface area contributed by atoms with Crippen molar-refractivity contribution in [2.75, 3.05) is 0 Å². The number of hydrogen-bond donors (Lipinski definition) is 0. The second-order valence-corrected chi connectivity index (χ2v) is 6.23. The first-order valence-electron chi connectivity index (χ1n) is 5.51. The average Bonchev–Trinajstić information content (AvgIpc) is 2.39. The van der Waals surface area contributed by atoms with E-state index in [0.717, 1.165) is 21.3 Å². The van der Waals surface area contributed by atoms with E-state index in [1.165, 1.54) is 0 Å². The maximum atomic E-state index is 6.15. The van der Waals surface area contributed by atoms with Crippen LogP contribution in [0.15, 0.2) is 40.9 Å². The van der Waals surface area contributed by atoms with Gasteiger partial charge in [0.15, 0.2) is 0 Å². The smallest absolute Gasteiger partial charge is 0.123 e. The van der Waals surface area contributed by atoms with Gasteiger partial charge in [0, 0.05) is 31.0 Å². The Labute approximate surface area is 139 Å². The third-order valence-electron chi connectivity index (χ3n) is 2.56. The fourth-order valence-corrected chi connectivity index (χ4v) is 2.95. The molecule has 0 atom stereocenters. The predicted octanol–water partition coefficient (Wildman–Crippen LogP) is 6.23. The Morgan fingerprint density at radius 3 is 2.47 bits per heavy atom. The van der Waals surface area contributed by atoms with Crippen molar-refractivity contribution >= 4 is 55.1 Å². The molecule has 2 aromatic rings. The number of hydrogen-bond acceptors (Lipinski definition) is 1. The molecule has 0 fully saturated rings. The minimum atomic E-state index is 0.424. The summed E-state index contributed by atoms with van der Waals surface area (Å²) in [6.45, 7) is 0.424. The predicted molar refractivity (Wildman–Crippen MR) is 87.6 cm³/mol. The van der Waals surface area contributed by atoms with E-state index in [1.54, 1.807) is 0 Å². The van der Waals surface area contributed by atoms with Crippen molar-refractivity contribution in [1.82, 2.24) is 0 Å². The molecule has 1 nitrogen and oxygen atoms in total. The number of halogens is 4. The van der Waals surface area contributed by atoms with E-state index in [1.807, 2.05) is 36.4 Å². The van der Waals surface area contributed by atoms with Gasteiger partial charge in [-0.15, -0.1) is 0 Å². The van der Waals surface area contributed by atoms with Crippen molar-refractivity contribution in [3.05, 3.63) is 62.0 Å². The third kappa shape index (κ3) is 4.12. The zero-order valence-electron chi connectivity index (χ0n) is 9.80. The zero-order chi connectivity index (χ0) is 13.8. The van der Waals surface area contributed by atoms with Crippen LogP contribution >= 0.6 is 55.1 Å². The SMILES string of the molecule is Clc1ccc(OCc2ccc(Br)cc2Cl)c(CBr)c1. The van der Waals surface area contributed by atoms with E-state index in [9.17, 15) is 0 Å². The topological polar surface area (TPSA) is 9.23 Å². The largest absolute Gasteiger partial charge is 0.489 e. The van der Waals surface area contributed by atoms with E-state index in [4.69, 9.17) is 27.9 Å². The van der Waals surface area contributed by atoms with E-state index in [-0.39, 0.29) is 0 Å². The molecule has 0 amide bonds. The first-order chi connectivity index (χ1) is 9.10. The summed E-state index contributed by atoms with van der Waals surface area (Å²) in [5.74, 6) is 0.806. The monoisotopic (exact) mass is 422 g/mol. The van der Waals surface area contributed by atoms with Crippen LogP contribution < -0.4 is 4.74 Å². The summed E-state index contributed by atoms with van der Waals surface area (Å²) in [6.07, 6.45) is 0. The van der Waals surface area contributed by atoms with Crippen molar-refractivity contribution in [3.8, 4) is 5.75 Å². The molecule has 0 aliphatic carbocycles. The zero-order valence-corrected chi connectivity index (χ0v) is 14.5. The van der Waals surface area contributed by atoms with Crippen LogP contribution in [0.4, 0.5) is 0 Å². The van der Waals surface area contributed by atoms with Crippen LogP contribution in [0.1, 0.15) is 11.1 Å². The Balaban J connectivity index is 2.14. The van der Waals surface area contributed by atoms with Gasteiger partial charge in [-0.3, -0.25) is 0 Å². The summed E-state index contributed by atoms with van der Waals surface area (Å²) in [5, 5.41) is 2.07. The molecule has 0 aliphatic rings. The van der Waals surface area contributed by atoms with Crippen molar-refractivity contribution in [1.29, 1.82) is 0 Å². The van der Waals surface area contributed by atoms with Gasteiger partial charge in [-0.05, 0) is 30.3 Å². The molecule has 100 valence electrons. The lowest BCUT2D eigenvalue weighted by molar-refractivity contribution is 0.304. The van der Waals surface area contributed by atoms with Crippen LogP contribution in [0.25, 0.3) is 0 Å². The summed E-state index contributed by atoms with van der Waals surface area (Å²) >= 11 is 18.9. The van der Waals surface area contributed by atoms with Crippen LogP contribution in [-0.4, -0.2) is 0 Å². The van der Waals surface area contributed by atoms with E-state index >= 15 is 0 Å².